The Hall–Kier alpha value is -3.41. The van der Waals surface area contributed by atoms with Crippen molar-refractivity contribution in [1.29, 1.82) is 0 Å². The van der Waals surface area contributed by atoms with E-state index in [4.69, 9.17) is 4.74 Å². The van der Waals surface area contributed by atoms with Gasteiger partial charge in [-0.3, -0.25) is 4.79 Å². The van der Waals surface area contributed by atoms with Gasteiger partial charge in [-0.2, -0.15) is 5.10 Å². The van der Waals surface area contributed by atoms with Crippen molar-refractivity contribution in [2.45, 2.75) is 0 Å². The van der Waals surface area contributed by atoms with Crippen LogP contribution in [0.2, 0.25) is 0 Å². The van der Waals surface area contributed by atoms with Gasteiger partial charge in [-0.1, -0.05) is 24.3 Å². The third-order valence-corrected chi connectivity index (χ3v) is 3.78. The molecule has 0 radical (unpaired) electrons. The van der Waals surface area contributed by atoms with Gasteiger partial charge in [0.25, 0.3) is 5.91 Å². The predicted octanol–water partition coefficient (Wildman–Crippen LogP) is 2.76. The second-order valence-electron chi connectivity index (χ2n) is 5.35. The van der Waals surface area contributed by atoms with Crippen LogP contribution < -0.4 is 9.64 Å². The Morgan fingerprint density at radius 3 is 2.80 bits per heavy atom. The monoisotopic (exact) mass is 335 g/mol. The highest BCUT2D eigenvalue weighted by Gasteiger charge is 2.32. The first-order chi connectivity index (χ1) is 12.2. The fraction of sp³-hybridized carbons (Fsp3) is 0.105. The molecule has 1 aliphatic heterocycles. The summed E-state index contributed by atoms with van der Waals surface area (Å²) in [6.07, 6.45) is 3.14. The molecule has 0 unspecified atom stereocenters. The molecule has 126 valence electrons. The summed E-state index contributed by atoms with van der Waals surface area (Å²) in [6.45, 7) is 4.09. The topological polar surface area (TPSA) is 74.5 Å². The van der Waals surface area contributed by atoms with E-state index in [1.54, 1.807) is 23.1 Å². The molecule has 0 saturated heterocycles. The third-order valence-electron chi connectivity index (χ3n) is 3.78. The Bertz CT molecular complexity index is 887. The highest BCUT2D eigenvalue weighted by Crippen LogP contribution is 2.29. The standard InChI is InChI=1S/C19H17N3O3/c1-3-10-22-15-7-5-4-6-14(15)18(19(22)24)21-20-12-13-8-9-17(25-2)16(23)11-13/h3-9,11-12,23H,1,10H2,2H3/b20-12-,21-18-. The molecule has 0 bridgehead atoms. The fourth-order valence-electron chi connectivity index (χ4n) is 2.61. The second-order valence-corrected chi connectivity index (χ2v) is 5.35. The summed E-state index contributed by atoms with van der Waals surface area (Å²) in [5, 5.41) is 17.9. The normalized spacial score (nSPS) is 15.0. The number of nitrogens with zero attached hydrogens (tertiary/aromatic N) is 3. The van der Waals surface area contributed by atoms with Gasteiger partial charge < -0.3 is 14.7 Å². The number of phenolic OH excluding ortho intramolecular Hbond substituents is 1. The lowest BCUT2D eigenvalue weighted by atomic mass is 10.1. The van der Waals surface area contributed by atoms with Crippen molar-refractivity contribution in [3.05, 3.63) is 66.2 Å². The van der Waals surface area contributed by atoms with E-state index >= 15 is 0 Å². The maximum absolute atomic E-state index is 12.5. The van der Waals surface area contributed by atoms with Gasteiger partial charge in [0.05, 0.1) is 19.0 Å². The van der Waals surface area contributed by atoms with Crippen LogP contribution in [0.5, 0.6) is 11.5 Å². The number of hydrogen-bond donors (Lipinski definition) is 1. The molecule has 0 spiro atoms. The van der Waals surface area contributed by atoms with E-state index in [1.807, 2.05) is 24.3 Å². The largest absolute Gasteiger partial charge is 0.504 e. The first kappa shape index (κ1) is 16.4. The highest BCUT2D eigenvalue weighted by atomic mass is 16.5. The average molecular weight is 335 g/mol. The van der Waals surface area contributed by atoms with Crippen LogP contribution in [0.4, 0.5) is 5.69 Å². The van der Waals surface area contributed by atoms with Crippen LogP contribution in [0.15, 0.2) is 65.3 Å². The minimum atomic E-state index is -0.212. The molecular formula is C19H17N3O3. The number of aromatic hydroxyl groups is 1. The van der Waals surface area contributed by atoms with E-state index in [2.05, 4.69) is 16.8 Å². The van der Waals surface area contributed by atoms with Crippen molar-refractivity contribution in [3.8, 4) is 11.5 Å². The Balaban J connectivity index is 1.89. The summed E-state index contributed by atoms with van der Waals surface area (Å²) in [5.41, 5.74) is 2.46. The van der Waals surface area contributed by atoms with Crippen LogP contribution in [0.25, 0.3) is 0 Å². The summed E-state index contributed by atoms with van der Waals surface area (Å²) < 4.78 is 4.99. The molecule has 6 heteroatoms. The molecule has 0 atom stereocenters. The number of phenols is 1. The fourth-order valence-corrected chi connectivity index (χ4v) is 2.61. The summed E-state index contributed by atoms with van der Waals surface area (Å²) in [4.78, 5) is 14.2. The SMILES string of the molecule is C=CCN1C(=O)/C(=N\N=C/c2ccc(OC)c(O)c2)c2ccccc21. The Morgan fingerprint density at radius 1 is 1.28 bits per heavy atom. The van der Waals surface area contributed by atoms with E-state index in [-0.39, 0.29) is 17.4 Å². The number of carbonyl (C=O) groups excluding carboxylic acids is 1. The van der Waals surface area contributed by atoms with E-state index in [9.17, 15) is 9.90 Å². The quantitative estimate of drug-likeness (QED) is 0.519. The van der Waals surface area contributed by atoms with Gasteiger partial charge >= 0.3 is 0 Å². The summed E-state index contributed by atoms with van der Waals surface area (Å²) >= 11 is 0. The predicted molar refractivity (Wildman–Crippen MR) is 97.8 cm³/mol. The van der Waals surface area contributed by atoms with Gasteiger partial charge in [0, 0.05) is 12.1 Å². The number of para-hydroxylation sites is 1. The summed E-state index contributed by atoms with van der Waals surface area (Å²) in [7, 11) is 1.48. The van der Waals surface area contributed by atoms with Crippen LogP contribution >= 0.6 is 0 Å². The minimum absolute atomic E-state index is 0.0125. The molecule has 25 heavy (non-hydrogen) atoms. The smallest absolute Gasteiger partial charge is 0.279 e. The second kappa shape index (κ2) is 7.00. The molecule has 1 heterocycles. The summed E-state index contributed by atoms with van der Waals surface area (Å²) in [5.74, 6) is 0.179. The van der Waals surface area contributed by atoms with Crippen LogP contribution in [-0.2, 0) is 4.79 Å². The summed E-state index contributed by atoms with van der Waals surface area (Å²) in [6, 6.07) is 12.3. The lowest BCUT2D eigenvalue weighted by molar-refractivity contribution is -0.112. The van der Waals surface area contributed by atoms with Crippen molar-refractivity contribution in [1.82, 2.24) is 0 Å². The van der Waals surface area contributed by atoms with Gasteiger partial charge in [-0.05, 0) is 29.8 Å². The van der Waals surface area contributed by atoms with Crippen LogP contribution in [-0.4, -0.2) is 36.6 Å². The van der Waals surface area contributed by atoms with Crippen molar-refractivity contribution in [2.75, 3.05) is 18.6 Å². The zero-order valence-electron chi connectivity index (χ0n) is 13.7. The average Bonchev–Trinajstić information content (AvgIpc) is 2.88. The van der Waals surface area contributed by atoms with Gasteiger partial charge in [0.15, 0.2) is 17.2 Å². The van der Waals surface area contributed by atoms with E-state index < -0.39 is 0 Å². The van der Waals surface area contributed by atoms with Crippen molar-refractivity contribution >= 4 is 23.5 Å². The van der Waals surface area contributed by atoms with E-state index in [1.165, 1.54) is 19.4 Å². The number of amides is 1. The highest BCUT2D eigenvalue weighted by molar-refractivity contribution is 6.54. The molecule has 2 aromatic carbocycles. The molecule has 6 nitrogen and oxygen atoms in total. The van der Waals surface area contributed by atoms with E-state index in [0.29, 0.717) is 17.9 Å². The van der Waals surface area contributed by atoms with Crippen LogP contribution in [0.1, 0.15) is 11.1 Å². The zero-order chi connectivity index (χ0) is 17.8. The number of carbonyl (C=O) groups is 1. The number of rotatable bonds is 5. The van der Waals surface area contributed by atoms with Crippen molar-refractivity contribution < 1.29 is 14.6 Å². The van der Waals surface area contributed by atoms with Gasteiger partial charge in [0.2, 0.25) is 0 Å². The first-order valence-electron chi connectivity index (χ1n) is 7.66. The van der Waals surface area contributed by atoms with Gasteiger partial charge in [-0.25, -0.2) is 0 Å². The minimum Gasteiger partial charge on any atom is -0.504 e. The lowest BCUT2D eigenvalue weighted by Crippen LogP contribution is -2.30. The van der Waals surface area contributed by atoms with Gasteiger partial charge in [-0.15, -0.1) is 11.7 Å². The Morgan fingerprint density at radius 2 is 2.08 bits per heavy atom. The molecule has 1 aliphatic rings. The molecule has 0 aliphatic carbocycles. The van der Waals surface area contributed by atoms with E-state index in [0.717, 1.165) is 11.3 Å². The molecule has 1 N–H and O–H groups in total. The molecule has 0 fully saturated rings. The Kier molecular flexibility index (Phi) is 4.61. The Labute approximate surface area is 145 Å². The lowest BCUT2D eigenvalue weighted by Gasteiger charge is -2.13. The molecule has 3 rings (SSSR count). The molecule has 0 aromatic heterocycles. The number of hydrogen-bond acceptors (Lipinski definition) is 5. The maximum Gasteiger partial charge on any atom is 0.279 e. The van der Waals surface area contributed by atoms with Crippen molar-refractivity contribution in [2.24, 2.45) is 10.2 Å². The van der Waals surface area contributed by atoms with Crippen molar-refractivity contribution in [3.63, 3.8) is 0 Å². The molecule has 1 amide bonds. The number of anilines is 1. The number of fused-ring (bicyclic) bond motifs is 1. The maximum atomic E-state index is 12.5. The molecular weight excluding hydrogens is 318 g/mol. The number of methoxy groups -OCH3 is 1. The molecule has 0 saturated carbocycles. The zero-order valence-corrected chi connectivity index (χ0v) is 13.7. The molecule has 2 aromatic rings. The number of ether oxygens (including phenoxy) is 1. The van der Waals surface area contributed by atoms with Gasteiger partial charge in [0.1, 0.15) is 0 Å². The number of benzene rings is 2. The van der Waals surface area contributed by atoms with Crippen LogP contribution in [0.3, 0.4) is 0 Å². The third kappa shape index (κ3) is 3.14. The first-order valence-corrected chi connectivity index (χ1v) is 7.66. The van der Waals surface area contributed by atoms with Crippen LogP contribution in [0, 0.1) is 0 Å².